The van der Waals surface area contributed by atoms with Crippen LogP contribution in [0.1, 0.15) is 36.0 Å². The molecule has 0 unspecified atom stereocenters. The highest BCUT2D eigenvalue weighted by molar-refractivity contribution is 6.29. The maximum atomic E-state index is 6.34. The molecule has 1 aliphatic rings. The quantitative estimate of drug-likeness (QED) is 0.188. The van der Waals surface area contributed by atoms with E-state index in [-0.39, 0.29) is 5.54 Å². The second-order valence-corrected chi connectivity index (χ2v) is 10.9. The Balaban J connectivity index is 1.26. The number of benzene rings is 4. The van der Waals surface area contributed by atoms with Gasteiger partial charge in [-0.25, -0.2) is 4.98 Å². The van der Waals surface area contributed by atoms with E-state index in [1.54, 1.807) is 0 Å². The van der Waals surface area contributed by atoms with Crippen LogP contribution in [-0.2, 0) is 12.1 Å². The highest BCUT2D eigenvalue weighted by Gasteiger charge is 2.43. The minimum absolute atomic E-state index is 0.326. The zero-order chi connectivity index (χ0) is 26.5. The Morgan fingerprint density at radius 3 is 1.62 bits per heavy atom. The van der Waals surface area contributed by atoms with Crippen molar-refractivity contribution >= 4 is 11.6 Å². The summed E-state index contributed by atoms with van der Waals surface area (Å²) in [6.45, 7) is 3.01. The van der Waals surface area contributed by atoms with Gasteiger partial charge in [0.15, 0.2) is 0 Å². The van der Waals surface area contributed by atoms with Gasteiger partial charge < -0.3 is 4.57 Å². The summed E-state index contributed by atoms with van der Waals surface area (Å²) in [5.74, 6) is 1.61. The molecular formula is C35H34ClN3. The molecule has 4 heteroatoms. The van der Waals surface area contributed by atoms with Crippen molar-refractivity contribution in [3.8, 4) is 11.4 Å². The van der Waals surface area contributed by atoms with Crippen LogP contribution in [0, 0.1) is 5.92 Å². The largest absolute Gasteiger partial charge is 0.329 e. The van der Waals surface area contributed by atoms with Gasteiger partial charge in [0.25, 0.3) is 0 Å². The molecule has 39 heavy (non-hydrogen) atoms. The predicted octanol–water partition coefficient (Wildman–Crippen LogP) is 8.30. The topological polar surface area (TPSA) is 21.1 Å². The fourth-order valence-electron chi connectivity index (χ4n) is 6.34. The van der Waals surface area contributed by atoms with Crippen LogP contribution < -0.4 is 0 Å². The first-order chi connectivity index (χ1) is 19.2. The first-order valence-corrected chi connectivity index (χ1v) is 14.3. The number of likely N-dealkylation sites (tertiary alicyclic amines) is 1. The van der Waals surface area contributed by atoms with Gasteiger partial charge in [-0.1, -0.05) is 133 Å². The Bertz CT molecular complexity index is 1360. The number of hydrogen-bond donors (Lipinski definition) is 0. The van der Waals surface area contributed by atoms with Gasteiger partial charge >= 0.3 is 0 Å². The molecule has 5 aromatic rings. The lowest BCUT2D eigenvalue weighted by atomic mass is 9.74. The molecule has 0 amide bonds. The van der Waals surface area contributed by atoms with Crippen LogP contribution in [0.4, 0.5) is 0 Å². The molecule has 3 nitrogen and oxygen atoms in total. The van der Waals surface area contributed by atoms with E-state index < -0.39 is 0 Å². The van der Waals surface area contributed by atoms with Gasteiger partial charge in [-0.2, -0.15) is 0 Å². The second kappa shape index (κ2) is 11.6. The standard InChI is InChI=1S/C35H34ClN3/c36-33-27-38(34(37-33)29-13-5-1-6-14-29)24-21-28-22-25-39(26-23-28)35(30-15-7-2-8-16-30,31-17-9-3-10-18-31)32-19-11-4-12-20-32/h1-20,27-28H,21-26H2. The lowest BCUT2D eigenvalue weighted by Gasteiger charge is -2.48. The molecule has 1 fully saturated rings. The molecule has 1 aromatic heterocycles. The molecule has 1 aliphatic heterocycles. The summed E-state index contributed by atoms with van der Waals surface area (Å²) < 4.78 is 2.23. The molecule has 0 N–H and O–H groups in total. The summed E-state index contributed by atoms with van der Waals surface area (Å²) in [6, 6.07) is 43.5. The third-order valence-electron chi connectivity index (χ3n) is 8.22. The summed E-state index contributed by atoms with van der Waals surface area (Å²) in [5, 5.41) is 0.557. The van der Waals surface area contributed by atoms with E-state index in [4.69, 9.17) is 11.6 Å². The van der Waals surface area contributed by atoms with E-state index in [0.717, 1.165) is 50.3 Å². The van der Waals surface area contributed by atoms with Crippen molar-refractivity contribution < 1.29 is 0 Å². The lowest BCUT2D eigenvalue weighted by Crippen LogP contribution is -2.51. The number of aromatic nitrogens is 2. The zero-order valence-corrected chi connectivity index (χ0v) is 22.9. The highest BCUT2D eigenvalue weighted by Crippen LogP contribution is 2.44. The fraction of sp³-hybridized carbons (Fsp3) is 0.229. The number of piperidine rings is 1. The van der Waals surface area contributed by atoms with Gasteiger partial charge in [-0.3, -0.25) is 4.90 Å². The predicted molar refractivity (Wildman–Crippen MR) is 161 cm³/mol. The molecular weight excluding hydrogens is 498 g/mol. The Hall–Kier alpha value is -3.66. The lowest BCUT2D eigenvalue weighted by molar-refractivity contribution is 0.0978. The van der Waals surface area contributed by atoms with Gasteiger partial charge in [0.2, 0.25) is 0 Å². The van der Waals surface area contributed by atoms with E-state index in [0.29, 0.717) is 11.1 Å². The minimum atomic E-state index is -0.326. The SMILES string of the molecule is Clc1cn(CCC2CCN(C(c3ccccc3)(c3ccccc3)c3ccccc3)CC2)c(-c2ccccc2)n1. The number of nitrogens with zero attached hydrogens (tertiary/aromatic N) is 3. The van der Waals surface area contributed by atoms with Crippen molar-refractivity contribution in [2.45, 2.75) is 31.3 Å². The Labute approximate surface area is 236 Å². The van der Waals surface area contributed by atoms with Gasteiger partial charge in [0, 0.05) is 18.3 Å². The van der Waals surface area contributed by atoms with Crippen LogP contribution in [0.3, 0.4) is 0 Å². The summed E-state index contributed by atoms with van der Waals surface area (Å²) in [6.07, 6.45) is 5.42. The zero-order valence-electron chi connectivity index (χ0n) is 22.2. The fourth-order valence-corrected chi connectivity index (χ4v) is 6.53. The second-order valence-electron chi connectivity index (χ2n) is 10.5. The smallest absolute Gasteiger partial charge is 0.147 e. The minimum Gasteiger partial charge on any atom is -0.329 e. The molecule has 4 aromatic carbocycles. The highest BCUT2D eigenvalue weighted by atomic mass is 35.5. The number of aryl methyl sites for hydroxylation is 1. The van der Waals surface area contributed by atoms with Crippen LogP contribution >= 0.6 is 11.6 Å². The number of imidazole rings is 1. The van der Waals surface area contributed by atoms with E-state index in [2.05, 4.69) is 130 Å². The van der Waals surface area contributed by atoms with Crippen molar-refractivity contribution in [1.82, 2.24) is 14.5 Å². The molecule has 1 saturated heterocycles. The first-order valence-electron chi connectivity index (χ1n) is 13.9. The molecule has 2 heterocycles. The molecule has 0 atom stereocenters. The van der Waals surface area contributed by atoms with E-state index in [1.165, 1.54) is 16.7 Å². The van der Waals surface area contributed by atoms with Crippen LogP contribution in [0.5, 0.6) is 0 Å². The normalized spacial score (nSPS) is 14.9. The molecule has 0 bridgehead atoms. The third kappa shape index (κ3) is 5.17. The van der Waals surface area contributed by atoms with Crippen molar-refractivity contribution in [2.24, 2.45) is 5.92 Å². The number of hydrogen-bond acceptors (Lipinski definition) is 2. The average molecular weight is 532 g/mol. The summed E-state index contributed by atoms with van der Waals surface area (Å²) >= 11 is 6.34. The van der Waals surface area contributed by atoms with Gasteiger partial charge in [-0.15, -0.1) is 0 Å². The maximum Gasteiger partial charge on any atom is 0.147 e. The van der Waals surface area contributed by atoms with E-state index in [9.17, 15) is 0 Å². The maximum absolute atomic E-state index is 6.34. The Kier molecular flexibility index (Phi) is 7.62. The van der Waals surface area contributed by atoms with Crippen LogP contribution in [0.15, 0.2) is 128 Å². The van der Waals surface area contributed by atoms with Gasteiger partial charge in [0.05, 0.1) is 5.54 Å². The molecule has 0 aliphatic carbocycles. The summed E-state index contributed by atoms with van der Waals surface area (Å²) in [4.78, 5) is 7.33. The van der Waals surface area contributed by atoms with Crippen LogP contribution in [0.2, 0.25) is 5.15 Å². The first kappa shape index (κ1) is 25.6. The molecule has 0 saturated carbocycles. The van der Waals surface area contributed by atoms with Gasteiger partial charge in [-0.05, 0) is 55.0 Å². The third-order valence-corrected chi connectivity index (χ3v) is 8.40. The summed E-state index contributed by atoms with van der Waals surface area (Å²) in [5.41, 5.74) is 4.74. The van der Waals surface area contributed by atoms with Crippen LogP contribution in [-0.4, -0.2) is 27.5 Å². The Morgan fingerprint density at radius 1 is 0.667 bits per heavy atom. The summed E-state index contributed by atoms with van der Waals surface area (Å²) in [7, 11) is 0. The van der Waals surface area contributed by atoms with Crippen molar-refractivity contribution in [3.63, 3.8) is 0 Å². The van der Waals surface area contributed by atoms with Crippen molar-refractivity contribution in [2.75, 3.05) is 13.1 Å². The van der Waals surface area contributed by atoms with Crippen molar-refractivity contribution in [3.05, 3.63) is 149 Å². The molecule has 0 radical (unpaired) electrons. The van der Waals surface area contributed by atoms with Crippen molar-refractivity contribution in [1.29, 1.82) is 0 Å². The monoisotopic (exact) mass is 531 g/mol. The number of halogens is 1. The number of rotatable bonds is 8. The van der Waals surface area contributed by atoms with Gasteiger partial charge in [0.1, 0.15) is 11.0 Å². The Morgan fingerprint density at radius 2 is 1.13 bits per heavy atom. The van der Waals surface area contributed by atoms with E-state index in [1.807, 2.05) is 12.3 Å². The van der Waals surface area contributed by atoms with E-state index >= 15 is 0 Å². The molecule has 0 spiro atoms. The van der Waals surface area contributed by atoms with Crippen LogP contribution in [0.25, 0.3) is 11.4 Å². The molecule has 6 rings (SSSR count). The molecule has 196 valence electrons. The average Bonchev–Trinajstić information content (AvgIpc) is 3.39.